The largest absolute Gasteiger partial charge is 0.497 e. The van der Waals surface area contributed by atoms with Crippen LogP contribution in [-0.2, 0) is 22.7 Å². The number of aromatic nitrogens is 4. The van der Waals surface area contributed by atoms with Crippen LogP contribution < -0.4 is 15.0 Å². The maximum Gasteiger partial charge on any atom is 0.251 e. The number of nitrogens with one attached hydrogen (secondary N) is 1. The number of benzene rings is 3. The fraction of sp³-hybridized carbons (Fsp3) is 0.138. The highest BCUT2D eigenvalue weighted by atomic mass is 35.5. The number of methoxy groups -OCH3 is 1. The van der Waals surface area contributed by atoms with E-state index >= 15 is 0 Å². The Morgan fingerprint density at radius 3 is 2.55 bits per heavy atom. The van der Waals surface area contributed by atoms with Gasteiger partial charge in [0, 0.05) is 23.3 Å². The van der Waals surface area contributed by atoms with Gasteiger partial charge in [0.1, 0.15) is 18.3 Å². The van der Waals surface area contributed by atoms with Crippen molar-refractivity contribution in [3.63, 3.8) is 0 Å². The summed E-state index contributed by atoms with van der Waals surface area (Å²) >= 11 is 7.64. The first-order valence-corrected chi connectivity index (χ1v) is 13.6. The molecule has 9 nitrogen and oxygen atoms in total. The quantitative estimate of drug-likeness (QED) is 0.248. The molecule has 0 saturated carbocycles. The number of hydrogen-bond donors (Lipinski definition) is 1. The molecule has 2 aromatic heterocycles. The van der Waals surface area contributed by atoms with E-state index in [-0.39, 0.29) is 12.5 Å². The zero-order valence-corrected chi connectivity index (χ0v) is 23.0. The Bertz CT molecular complexity index is 1580. The first-order valence-electron chi connectivity index (χ1n) is 12.4. The molecule has 40 heavy (non-hydrogen) atoms. The fourth-order valence-corrected chi connectivity index (χ4v) is 4.93. The molecule has 1 atom stereocenters. The zero-order valence-electron chi connectivity index (χ0n) is 21.5. The Labute approximate surface area is 240 Å². The lowest BCUT2D eigenvalue weighted by Crippen LogP contribution is -2.45. The summed E-state index contributed by atoms with van der Waals surface area (Å²) < 4.78 is 5.42. The van der Waals surface area contributed by atoms with E-state index < -0.39 is 11.9 Å². The van der Waals surface area contributed by atoms with Crippen molar-refractivity contribution in [2.24, 2.45) is 0 Å². The van der Waals surface area contributed by atoms with Crippen LogP contribution in [-0.4, -0.2) is 39.1 Å². The molecule has 3 aromatic carbocycles. The fourth-order valence-electron chi connectivity index (χ4n) is 4.15. The van der Waals surface area contributed by atoms with Crippen LogP contribution in [0.1, 0.15) is 17.2 Å². The molecule has 2 heterocycles. The lowest BCUT2D eigenvalue weighted by Gasteiger charge is -2.31. The third-order valence-corrected chi connectivity index (χ3v) is 7.19. The Balaban J connectivity index is 1.52. The second kappa shape index (κ2) is 12.5. The van der Waals surface area contributed by atoms with Gasteiger partial charge in [0.05, 0.1) is 12.0 Å². The van der Waals surface area contributed by atoms with Crippen molar-refractivity contribution in [2.75, 3.05) is 12.0 Å². The minimum atomic E-state index is -1.03. The summed E-state index contributed by atoms with van der Waals surface area (Å²) in [6.45, 7) is 0.0460. The summed E-state index contributed by atoms with van der Waals surface area (Å²) in [5.41, 5.74) is 1.98. The van der Waals surface area contributed by atoms with E-state index in [9.17, 15) is 9.59 Å². The maximum atomic E-state index is 14.0. The Morgan fingerprint density at radius 2 is 1.82 bits per heavy atom. The summed E-state index contributed by atoms with van der Waals surface area (Å²) in [6.07, 6.45) is 0. The van der Waals surface area contributed by atoms with Crippen molar-refractivity contribution in [3.05, 3.63) is 113 Å². The third-order valence-electron chi connectivity index (χ3n) is 6.07. The molecule has 0 aliphatic carbocycles. The predicted octanol–water partition coefficient (Wildman–Crippen LogP) is 5.15. The van der Waals surface area contributed by atoms with Gasteiger partial charge in [-0.1, -0.05) is 66.2 Å². The number of hydrogen-bond acceptors (Lipinski definition) is 7. The molecule has 0 saturated heterocycles. The summed E-state index contributed by atoms with van der Waals surface area (Å²) in [6, 6.07) is 26.1. The van der Waals surface area contributed by atoms with E-state index in [1.54, 1.807) is 55.6 Å². The molecule has 0 unspecified atom stereocenters. The standard InChI is InChI=1S/C29H25ClN6O3S/c1-39-24-10-5-9-23(17-24)36(26(37)19-35-33-28(32-34-35)25-11-6-16-40-25)27(21-12-14-22(30)15-13-21)29(38)31-18-20-7-3-2-4-8-20/h2-17,27H,18-19H2,1H3,(H,31,38)/t27-/m1/s1. The average molecular weight is 573 g/mol. The number of amides is 2. The molecule has 0 fully saturated rings. The van der Waals surface area contributed by atoms with Gasteiger partial charge in [-0.15, -0.1) is 21.5 Å². The highest BCUT2D eigenvalue weighted by Crippen LogP contribution is 2.31. The van der Waals surface area contributed by atoms with Gasteiger partial charge in [0.15, 0.2) is 0 Å². The van der Waals surface area contributed by atoms with Crippen molar-refractivity contribution in [3.8, 4) is 16.5 Å². The maximum absolute atomic E-state index is 14.0. The molecule has 11 heteroatoms. The zero-order chi connectivity index (χ0) is 27.9. The van der Waals surface area contributed by atoms with Gasteiger partial charge in [0.2, 0.25) is 11.7 Å². The van der Waals surface area contributed by atoms with E-state index in [1.165, 1.54) is 21.0 Å². The number of rotatable bonds is 10. The molecule has 0 aliphatic heterocycles. The minimum Gasteiger partial charge on any atom is -0.497 e. The monoisotopic (exact) mass is 572 g/mol. The lowest BCUT2D eigenvalue weighted by molar-refractivity contribution is -0.127. The molecule has 0 spiro atoms. The van der Waals surface area contributed by atoms with E-state index in [1.807, 2.05) is 47.8 Å². The summed E-state index contributed by atoms with van der Waals surface area (Å²) in [4.78, 5) is 31.4. The minimum absolute atomic E-state index is 0.244. The lowest BCUT2D eigenvalue weighted by atomic mass is 10.0. The molecule has 5 aromatic rings. The second-order valence-corrected chi connectivity index (χ2v) is 10.1. The Kier molecular flexibility index (Phi) is 8.48. The molecule has 202 valence electrons. The summed E-state index contributed by atoms with van der Waals surface area (Å²) in [5, 5.41) is 18.0. The number of carbonyl (C=O) groups excluding carboxylic acids is 2. The van der Waals surface area contributed by atoms with Crippen molar-refractivity contribution < 1.29 is 14.3 Å². The van der Waals surface area contributed by atoms with Crippen molar-refractivity contribution in [2.45, 2.75) is 19.1 Å². The number of tetrazole rings is 1. The van der Waals surface area contributed by atoms with Crippen LogP contribution in [0.5, 0.6) is 5.75 Å². The van der Waals surface area contributed by atoms with Gasteiger partial charge < -0.3 is 10.1 Å². The number of ether oxygens (including phenoxy) is 1. The third kappa shape index (κ3) is 6.36. The van der Waals surface area contributed by atoms with Crippen molar-refractivity contribution >= 4 is 40.4 Å². The van der Waals surface area contributed by atoms with Crippen LogP contribution in [0.4, 0.5) is 5.69 Å². The van der Waals surface area contributed by atoms with E-state index in [0.717, 1.165) is 10.4 Å². The van der Waals surface area contributed by atoms with Crippen LogP contribution in [0.3, 0.4) is 0 Å². The number of halogens is 1. The molecule has 0 bridgehead atoms. The van der Waals surface area contributed by atoms with Gasteiger partial charge in [-0.05, 0) is 52.1 Å². The van der Waals surface area contributed by atoms with Gasteiger partial charge in [0.25, 0.3) is 5.91 Å². The molecular weight excluding hydrogens is 548 g/mol. The first-order chi connectivity index (χ1) is 19.5. The van der Waals surface area contributed by atoms with Crippen LogP contribution in [0, 0.1) is 0 Å². The van der Waals surface area contributed by atoms with Crippen LogP contribution in [0.2, 0.25) is 5.02 Å². The van der Waals surface area contributed by atoms with Gasteiger partial charge >= 0.3 is 0 Å². The Hall–Kier alpha value is -4.54. The van der Waals surface area contributed by atoms with Crippen LogP contribution >= 0.6 is 22.9 Å². The van der Waals surface area contributed by atoms with E-state index in [0.29, 0.717) is 34.4 Å². The van der Waals surface area contributed by atoms with Gasteiger partial charge in [-0.3, -0.25) is 14.5 Å². The molecule has 2 amide bonds. The Morgan fingerprint density at radius 1 is 1.02 bits per heavy atom. The first kappa shape index (κ1) is 27.0. The highest BCUT2D eigenvalue weighted by Gasteiger charge is 2.33. The molecule has 5 rings (SSSR count). The van der Waals surface area contributed by atoms with E-state index in [2.05, 4.69) is 20.7 Å². The predicted molar refractivity (Wildman–Crippen MR) is 154 cm³/mol. The van der Waals surface area contributed by atoms with Crippen LogP contribution in [0.25, 0.3) is 10.7 Å². The number of anilines is 1. The smallest absolute Gasteiger partial charge is 0.251 e. The normalized spacial score (nSPS) is 11.6. The van der Waals surface area contributed by atoms with Gasteiger partial charge in [-0.2, -0.15) is 4.80 Å². The van der Waals surface area contributed by atoms with Crippen molar-refractivity contribution in [1.82, 2.24) is 25.5 Å². The summed E-state index contributed by atoms with van der Waals surface area (Å²) in [5.74, 6) is 0.172. The SMILES string of the molecule is COc1cccc(N(C(=O)Cn2nnc(-c3cccs3)n2)[C@@H](C(=O)NCc2ccccc2)c2ccc(Cl)cc2)c1. The molecular formula is C29H25ClN6O3S. The second-order valence-electron chi connectivity index (χ2n) is 8.74. The van der Waals surface area contributed by atoms with Crippen LogP contribution in [0.15, 0.2) is 96.4 Å². The number of nitrogens with zero attached hydrogens (tertiary/aromatic N) is 5. The average Bonchev–Trinajstić information content (AvgIpc) is 3.68. The molecule has 1 N–H and O–H groups in total. The molecule has 0 radical (unpaired) electrons. The number of carbonyl (C=O) groups is 2. The van der Waals surface area contributed by atoms with Crippen molar-refractivity contribution in [1.29, 1.82) is 0 Å². The topological polar surface area (TPSA) is 102 Å². The molecule has 0 aliphatic rings. The highest BCUT2D eigenvalue weighted by molar-refractivity contribution is 7.13. The number of thiophene rings is 1. The van der Waals surface area contributed by atoms with Gasteiger partial charge in [-0.25, -0.2) is 0 Å². The summed E-state index contributed by atoms with van der Waals surface area (Å²) in [7, 11) is 1.54. The van der Waals surface area contributed by atoms with E-state index in [4.69, 9.17) is 16.3 Å².